The van der Waals surface area contributed by atoms with E-state index < -0.39 is 10.0 Å². The summed E-state index contributed by atoms with van der Waals surface area (Å²) in [6, 6.07) is 12.4. The van der Waals surface area contributed by atoms with E-state index in [1.165, 1.54) is 4.31 Å². The van der Waals surface area contributed by atoms with E-state index in [9.17, 15) is 18.0 Å². The second-order valence-corrected chi connectivity index (χ2v) is 11.7. The summed E-state index contributed by atoms with van der Waals surface area (Å²) in [6.07, 6.45) is 0.887. The topological polar surface area (TPSA) is 95.6 Å². The Morgan fingerprint density at radius 1 is 1.06 bits per heavy atom. The fraction of sp³-hybridized carbons (Fsp3) is 0.462. The first-order chi connectivity index (χ1) is 15.9. The Labute approximate surface area is 203 Å². The molecule has 2 N–H and O–H groups in total. The minimum atomic E-state index is -3.65. The summed E-state index contributed by atoms with van der Waals surface area (Å²) < 4.78 is 28.3. The number of amides is 2. The molecule has 2 amide bonds. The van der Waals surface area contributed by atoms with E-state index in [-0.39, 0.29) is 23.1 Å². The highest BCUT2D eigenvalue weighted by molar-refractivity contribution is 7.89. The number of hydrogen-bond acceptors (Lipinski definition) is 4. The molecule has 2 aromatic carbocycles. The second-order valence-electron chi connectivity index (χ2n) is 9.84. The predicted molar refractivity (Wildman–Crippen MR) is 134 cm³/mol. The molecule has 0 unspecified atom stereocenters. The number of carbonyl (C=O) groups is 2. The third kappa shape index (κ3) is 5.85. The maximum Gasteiger partial charge on any atom is 0.251 e. The van der Waals surface area contributed by atoms with Crippen LogP contribution in [0.3, 0.4) is 0 Å². The zero-order chi connectivity index (χ0) is 25.1. The van der Waals surface area contributed by atoms with Crippen LogP contribution in [0.4, 0.5) is 5.69 Å². The monoisotopic (exact) mass is 485 g/mol. The average Bonchev–Trinajstić information content (AvgIpc) is 2.79. The van der Waals surface area contributed by atoms with Crippen LogP contribution in [0.1, 0.15) is 62.0 Å². The number of aryl methyl sites for hydroxylation is 1. The van der Waals surface area contributed by atoms with E-state index in [2.05, 4.69) is 31.4 Å². The highest BCUT2D eigenvalue weighted by Crippen LogP contribution is 2.30. The van der Waals surface area contributed by atoms with Gasteiger partial charge in [-0.2, -0.15) is 4.31 Å². The first kappa shape index (κ1) is 25.9. The molecular formula is C26H35N3O4S. The van der Waals surface area contributed by atoms with Crippen LogP contribution in [0, 0.1) is 12.8 Å². The molecule has 1 fully saturated rings. The molecule has 0 atom stereocenters. The SMILES string of the molecule is CCNC(=O)c1cccc(NC(=O)C2CCN(S(=O)(=O)c3cc(C(C)(C)C)ccc3C)CC2)c1. The highest BCUT2D eigenvalue weighted by atomic mass is 32.2. The third-order valence-electron chi connectivity index (χ3n) is 6.23. The number of nitrogens with one attached hydrogen (secondary N) is 2. The van der Waals surface area contributed by atoms with Gasteiger partial charge >= 0.3 is 0 Å². The molecule has 1 saturated heterocycles. The van der Waals surface area contributed by atoms with Gasteiger partial charge in [0.25, 0.3) is 5.91 Å². The highest BCUT2D eigenvalue weighted by Gasteiger charge is 2.33. The maximum absolute atomic E-state index is 13.4. The van der Waals surface area contributed by atoms with Crippen LogP contribution in [-0.4, -0.2) is 44.2 Å². The van der Waals surface area contributed by atoms with Gasteiger partial charge in [0, 0.05) is 36.8 Å². The summed E-state index contributed by atoms with van der Waals surface area (Å²) in [4.78, 5) is 25.2. The standard InChI is InChI=1S/C26H35N3O4S/c1-6-27-24(30)20-8-7-9-22(16-20)28-25(31)19-12-14-29(15-13-19)34(32,33)23-17-21(26(3,4)5)11-10-18(23)2/h7-11,16-17,19H,6,12-15H2,1-5H3,(H,27,30)(H,28,31). The summed E-state index contributed by atoms with van der Waals surface area (Å²) in [6.45, 7) is 10.9. The van der Waals surface area contributed by atoms with Crippen LogP contribution in [0.5, 0.6) is 0 Å². The van der Waals surface area contributed by atoms with Crippen LogP contribution in [0.2, 0.25) is 0 Å². The van der Waals surface area contributed by atoms with Gasteiger partial charge in [-0.15, -0.1) is 0 Å². The number of sulfonamides is 1. The van der Waals surface area contributed by atoms with E-state index in [0.717, 1.165) is 11.1 Å². The van der Waals surface area contributed by atoms with Crippen molar-refractivity contribution in [3.63, 3.8) is 0 Å². The minimum absolute atomic E-state index is 0.155. The van der Waals surface area contributed by atoms with Gasteiger partial charge in [0.05, 0.1) is 4.90 Å². The Balaban J connectivity index is 1.67. The Bertz CT molecular complexity index is 1160. The number of hydrogen-bond donors (Lipinski definition) is 2. The van der Waals surface area contributed by atoms with Crippen LogP contribution in [0.25, 0.3) is 0 Å². The lowest BCUT2D eigenvalue weighted by Crippen LogP contribution is -2.41. The molecule has 184 valence electrons. The van der Waals surface area contributed by atoms with Gasteiger partial charge in [-0.05, 0) is 67.5 Å². The van der Waals surface area contributed by atoms with E-state index >= 15 is 0 Å². The van der Waals surface area contributed by atoms with Crippen molar-refractivity contribution in [2.24, 2.45) is 5.92 Å². The molecule has 0 radical (unpaired) electrons. The minimum Gasteiger partial charge on any atom is -0.352 e. The maximum atomic E-state index is 13.4. The molecule has 0 bridgehead atoms. The summed E-state index contributed by atoms with van der Waals surface area (Å²) >= 11 is 0. The van der Waals surface area contributed by atoms with Gasteiger partial charge < -0.3 is 10.6 Å². The largest absolute Gasteiger partial charge is 0.352 e. The lowest BCUT2D eigenvalue weighted by molar-refractivity contribution is -0.120. The summed E-state index contributed by atoms with van der Waals surface area (Å²) in [5.74, 6) is -0.638. The van der Waals surface area contributed by atoms with E-state index in [0.29, 0.717) is 48.6 Å². The molecule has 0 aliphatic carbocycles. The number of anilines is 1. The molecule has 1 aliphatic rings. The van der Waals surface area contributed by atoms with E-state index in [1.807, 2.05) is 26.0 Å². The van der Waals surface area contributed by atoms with Crippen molar-refractivity contribution < 1.29 is 18.0 Å². The van der Waals surface area contributed by atoms with Gasteiger partial charge in [0.15, 0.2) is 0 Å². The predicted octanol–water partition coefficient (Wildman–Crippen LogP) is 4.08. The van der Waals surface area contributed by atoms with Gasteiger partial charge in [0.2, 0.25) is 15.9 Å². The fourth-order valence-electron chi connectivity index (χ4n) is 4.09. The van der Waals surface area contributed by atoms with Crippen LogP contribution in [0.15, 0.2) is 47.4 Å². The van der Waals surface area contributed by atoms with Crippen molar-refractivity contribution in [2.45, 2.75) is 57.8 Å². The van der Waals surface area contributed by atoms with Gasteiger partial charge in [-0.1, -0.05) is 39.0 Å². The molecule has 1 heterocycles. The first-order valence-corrected chi connectivity index (χ1v) is 13.2. The molecule has 34 heavy (non-hydrogen) atoms. The molecule has 8 heteroatoms. The van der Waals surface area contributed by atoms with Gasteiger partial charge in [-0.25, -0.2) is 8.42 Å². The van der Waals surface area contributed by atoms with Crippen molar-refractivity contribution in [3.8, 4) is 0 Å². The van der Waals surface area contributed by atoms with Crippen LogP contribution >= 0.6 is 0 Å². The van der Waals surface area contributed by atoms with Crippen LogP contribution < -0.4 is 10.6 Å². The molecule has 2 aromatic rings. The quantitative estimate of drug-likeness (QED) is 0.644. The first-order valence-electron chi connectivity index (χ1n) is 11.7. The number of benzene rings is 2. The molecule has 0 spiro atoms. The third-order valence-corrected chi connectivity index (χ3v) is 8.27. The van der Waals surface area contributed by atoms with Gasteiger partial charge in [-0.3, -0.25) is 9.59 Å². The Hall–Kier alpha value is -2.71. The summed E-state index contributed by atoms with van der Waals surface area (Å²) in [5.41, 5.74) is 2.57. The van der Waals surface area contributed by atoms with Gasteiger partial charge in [0.1, 0.15) is 0 Å². The van der Waals surface area contributed by atoms with Crippen molar-refractivity contribution in [3.05, 3.63) is 59.2 Å². The lowest BCUT2D eigenvalue weighted by Gasteiger charge is -2.31. The number of carbonyl (C=O) groups excluding carboxylic acids is 2. The average molecular weight is 486 g/mol. The lowest BCUT2D eigenvalue weighted by atomic mass is 9.87. The van der Waals surface area contributed by atoms with Crippen molar-refractivity contribution in [2.75, 3.05) is 25.0 Å². The fourth-order valence-corrected chi connectivity index (χ4v) is 5.81. The molecule has 3 rings (SSSR count). The Kier molecular flexibility index (Phi) is 7.83. The zero-order valence-electron chi connectivity index (χ0n) is 20.6. The molecule has 0 saturated carbocycles. The van der Waals surface area contributed by atoms with Crippen LogP contribution in [-0.2, 0) is 20.2 Å². The molecular weight excluding hydrogens is 450 g/mol. The summed E-state index contributed by atoms with van der Waals surface area (Å²) in [5, 5.41) is 5.62. The normalized spacial score (nSPS) is 15.7. The summed E-state index contributed by atoms with van der Waals surface area (Å²) in [7, 11) is -3.65. The second kappa shape index (κ2) is 10.3. The number of piperidine rings is 1. The Morgan fingerprint density at radius 3 is 2.35 bits per heavy atom. The Morgan fingerprint density at radius 2 is 1.74 bits per heavy atom. The molecule has 0 aromatic heterocycles. The van der Waals surface area contributed by atoms with Crippen molar-refractivity contribution >= 4 is 27.5 Å². The van der Waals surface area contributed by atoms with E-state index in [4.69, 9.17) is 0 Å². The zero-order valence-corrected chi connectivity index (χ0v) is 21.5. The molecule has 7 nitrogen and oxygen atoms in total. The van der Waals surface area contributed by atoms with Crippen molar-refractivity contribution in [1.82, 2.24) is 9.62 Å². The number of nitrogens with zero attached hydrogens (tertiary/aromatic N) is 1. The smallest absolute Gasteiger partial charge is 0.251 e. The van der Waals surface area contributed by atoms with E-state index in [1.54, 1.807) is 30.3 Å². The van der Waals surface area contributed by atoms with Crippen molar-refractivity contribution in [1.29, 1.82) is 0 Å². The molecule has 1 aliphatic heterocycles. The number of rotatable bonds is 6.